The van der Waals surface area contributed by atoms with Crippen molar-refractivity contribution in [2.45, 2.75) is 12.0 Å². The summed E-state index contributed by atoms with van der Waals surface area (Å²) in [7, 11) is 0. The molecule has 1 aliphatic heterocycles. The number of para-hydroxylation sites is 3. The van der Waals surface area contributed by atoms with E-state index < -0.39 is 0 Å². The van der Waals surface area contributed by atoms with Crippen molar-refractivity contribution in [1.29, 1.82) is 5.26 Å². The van der Waals surface area contributed by atoms with Crippen molar-refractivity contribution in [3.8, 4) is 23.0 Å². The van der Waals surface area contributed by atoms with Gasteiger partial charge in [0.2, 0.25) is 5.95 Å². The van der Waals surface area contributed by atoms with E-state index in [1.165, 1.54) is 27.7 Å². The molecule has 5 nitrogen and oxygen atoms in total. The third kappa shape index (κ3) is 3.26. The maximum Gasteiger partial charge on any atom is 0.231 e. The smallest absolute Gasteiger partial charge is 0.231 e. The first-order chi connectivity index (χ1) is 19.8. The molecule has 8 rings (SSSR count). The number of nitriles is 1. The molecule has 2 unspecified atom stereocenters. The molecule has 188 valence electrons. The highest BCUT2D eigenvalue weighted by molar-refractivity contribution is 5.93. The Morgan fingerprint density at radius 1 is 0.775 bits per heavy atom. The normalized spacial score (nSPS) is 16.8. The number of nitrogens with zero attached hydrogens (tertiary/aromatic N) is 5. The van der Waals surface area contributed by atoms with E-state index in [0.717, 1.165) is 22.6 Å². The van der Waals surface area contributed by atoms with Gasteiger partial charge in [-0.05, 0) is 54.1 Å². The van der Waals surface area contributed by atoms with E-state index in [2.05, 4.69) is 107 Å². The van der Waals surface area contributed by atoms with E-state index in [0.29, 0.717) is 11.5 Å². The van der Waals surface area contributed by atoms with E-state index in [4.69, 9.17) is 9.97 Å². The molecule has 1 aliphatic carbocycles. The molecule has 0 fully saturated rings. The zero-order valence-corrected chi connectivity index (χ0v) is 21.5. The molecular formula is C35H23N5. The molecular weight excluding hydrogens is 490 g/mol. The summed E-state index contributed by atoms with van der Waals surface area (Å²) >= 11 is 0. The molecule has 40 heavy (non-hydrogen) atoms. The van der Waals surface area contributed by atoms with Gasteiger partial charge in [0.15, 0.2) is 0 Å². The first kappa shape index (κ1) is 22.5. The van der Waals surface area contributed by atoms with E-state index >= 15 is 0 Å². The van der Waals surface area contributed by atoms with Crippen LogP contribution in [0, 0.1) is 11.3 Å². The predicted octanol–water partition coefficient (Wildman–Crippen LogP) is 7.96. The Labute approximate surface area is 231 Å². The summed E-state index contributed by atoms with van der Waals surface area (Å²) in [6, 6.07) is 39.5. The average molecular weight is 514 g/mol. The van der Waals surface area contributed by atoms with Crippen LogP contribution in [0.15, 0.2) is 121 Å². The van der Waals surface area contributed by atoms with Crippen molar-refractivity contribution in [3.05, 3.63) is 144 Å². The second-order valence-electron chi connectivity index (χ2n) is 10.2. The summed E-state index contributed by atoms with van der Waals surface area (Å²) in [5.74, 6) is 0.834. The number of hydrogen-bond donors (Lipinski definition) is 0. The summed E-state index contributed by atoms with van der Waals surface area (Å²) < 4.78 is 2.37. The van der Waals surface area contributed by atoms with Crippen molar-refractivity contribution < 1.29 is 0 Å². The fourth-order valence-electron chi connectivity index (χ4n) is 6.37. The predicted molar refractivity (Wildman–Crippen MR) is 159 cm³/mol. The van der Waals surface area contributed by atoms with Crippen molar-refractivity contribution >= 4 is 28.6 Å². The van der Waals surface area contributed by atoms with Crippen molar-refractivity contribution in [2.75, 3.05) is 4.90 Å². The maximum absolute atomic E-state index is 9.23. The Morgan fingerprint density at radius 3 is 2.40 bits per heavy atom. The Bertz CT molecular complexity index is 1980. The second kappa shape index (κ2) is 8.79. The van der Waals surface area contributed by atoms with Gasteiger partial charge in [-0.15, -0.1) is 0 Å². The van der Waals surface area contributed by atoms with E-state index in [9.17, 15) is 5.26 Å². The largest absolute Gasteiger partial charge is 0.310 e. The summed E-state index contributed by atoms with van der Waals surface area (Å²) in [6.07, 6.45) is 6.46. The van der Waals surface area contributed by atoms with Gasteiger partial charge in [0.25, 0.3) is 0 Å². The molecule has 0 saturated carbocycles. The molecule has 4 aromatic carbocycles. The molecule has 0 bridgehead atoms. The van der Waals surface area contributed by atoms with E-state index in [-0.39, 0.29) is 12.0 Å². The lowest BCUT2D eigenvalue weighted by molar-refractivity contribution is 0.658. The number of hydrogen-bond acceptors (Lipinski definition) is 4. The maximum atomic E-state index is 9.23. The highest BCUT2D eigenvalue weighted by atomic mass is 15.3. The van der Waals surface area contributed by atoms with Crippen LogP contribution >= 0.6 is 0 Å². The van der Waals surface area contributed by atoms with Crippen LogP contribution in [-0.2, 0) is 0 Å². The number of anilines is 2. The third-order valence-electron chi connectivity index (χ3n) is 8.07. The molecule has 5 heteroatoms. The molecule has 0 saturated heterocycles. The number of aromatic nitrogens is 3. The van der Waals surface area contributed by atoms with Crippen molar-refractivity contribution in [1.82, 2.24) is 14.5 Å². The molecule has 0 amide bonds. The minimum Gasteiger partial charge on any atom is -0.310 e. The Balaban J connectivity index is 1.35. The van der Waals surface area contributed by atoms with Crippen LogP contribution < -0.4 is 4.90 Å². The lowest BCUT2D eigenvalue weighted by atomic mass is 9.84. The molecule has 0 spiro atoms. The van der Waals surface area contributed by atoms with Gasteiger partial charge in [0, 0.05) is 40.0 Å². The molecule has 3 heterocycles. The third-order valence-corrected chi connectivity index (χ3v) is 8.07. The van der Waals surface area contributed by atoms with Crippen LogP contribution in [0.4, 0.5) is 11.6 Å². The molecule has 2 aromatic heterocycles. The van der Waals surface area contributed by atoms with Crippen LogP contribution in [0.2, 0.25) is 0 Å². The number of rotatable bonds is 3. The molecule has 2 aliphatic rings. The Hall–Kier alpha value is -5.47. The summed E-state index contributed by atoms with van der Waals surface area (Å²) in [6.45, 7) is 0. The SMILES string of the molecule is N#Cc1ccc(-c2ccnc(N3c4ccccc4C4C=Cc5c(c6ccccc6n5-c5ccccc5)C43)n2)cc1. The minimum atomic E-state index is 0.00322. The summed E-state index contributed by atoms with van der Waals surface area (Å²) in [5.41, 5.74) is 9.62. The monoisotopic (exact) mass is 513 g/mol. The van der Waals surface area contributed by atoms with Crippen molar-refractivity contribution in [2.24, 2.45) is 0 Å². The zero-order valence-electron chi connectivity index (χ0n) is 21.5. The van der Waals surface area contributed by atoms with Gasteiger partial charge in [-0.2, -0.15) is 5.26 Å². The minimum absolute atomic E-state index is 0.00322. The van der Waals surface area contributed by atoms with E-state index in [1.807, 2.05) is 36.5 Å². The highest BCUT2D eigenvalue weighted by Crippen LogP contribution is 2.57. The van der Waals surface area contributed by atoms with Gasteiger partial charge < -0.3 is 9.47 Å². The number of fused-ring (bicyclic) bond motifs is 7. The molecule has 0 radical (unpaired) electrons. The van der Waals surface area contributed by atoms with Gasteiger partial charge >= 0.3 is 0 Å². The summed E-state index contributed by atoms with van der Waals surface area (Å²) in [4.78, 5) is 12.2. The van der Waals surface area contributed by atoms with Crippen LogP contribution in [0.5, 0.6) is 0 Å². The molecule has 2 atom stereocenters. The first-order valence-corrected chi connectivity index (χ1v) is 13.4. The van der Waals surface area contributed by atoms with E-state index in [1.54, 1.807) is 0 Å². The molecule has 6 aromatic rings. The topological polar surface area (TPSA) is 57.7 Å². The Kier molecular flexibility index (Phi) is 4.95. The fraction of sp³-hybridized carbons (Fsp3) is 0.0571. The molecule has 0 N–H and O–H groups in total. The zero-order chi connectivity index (χ0) is 26.6. The van der Waals surface area contributed by atoms with Crippen LogP contribution in [0.25, 0.3) is 33.9 Å². The van der Waals surface area contributed by atoms with Crippen LogP contribution in [0.1, 0.15) is 34.3 Å². The van der Waals surface area contributed by atoms with Gasteiger partial charge in [0.1, 0.15) is 0 Å². The average Bonchev–Trinajstić information content (AvgIpc) is 3.54. The van der Waals surface area contributed by atoms with Crippen LogP contribution in [0.3, 0.4) is 0 Å². The standard InChI is InChI=1S/C35H23N5/c36-22-23-14-16-24(17-15-23)29-20-21-37-35(38-29)40-30-12-6-4-10-26(30)27-18-19-32-33(34(27)40)28-11-5-7-13-31(28)39(32)25-8-2-1-3-9-25/h1-21,27,34H. The fourth-order valence-corrected chi connectivity index (χ4v) is 6.37. The van der Waals surface area contributed by atoms with Gasteiger partial charge in [0.05, 0.1) is 34.6 Å². The quantitative estimate of drug-likeness (QED) is 0.241. The van der Waals surface area contributed by atoms with Crippen molar-refractivity contribution in [3.63, 3.8) is 0 Å². The van der Waals surface area contributed by atoms with Gasteiger partial charge in [-0.1, -0.05) is 72.8 Å². The van der Waals surface area contributed by atoms with Crippen LogP contribution in [-0.4, -0.2) is 14.5 Å². The highest BCUT2D eigenvalue weighted by Gasteiger charge is 2.44. The summed E-state index contributed by atoms with van der Waals surface area (Å²) in [5, 5.41) is 10.5. The first-order valence-electron chi connectivity index (χ1n) is 13.4. The second-order valence-corrected chi connectivity index (χ2v) is 10.2. The van der Waals surface area contributed by atoms with Gasteiger partial charge in [-0.3, -0.25) is 0 Å². The lowest BCUT2D eigenvalue weighted by Crippen LogP contribution is -2.25. The number of benzene rings is 4. The Morgan fingerprint density at radius 2 is 1.55 bits per heavy atom. The van der Waals surface area contributed by atoms with Gasteiger partial charge in [-0.25, -0.2) is 9.97 Å². The lowest BCUT2D eigenvalue weighted by Gasteiger charge is -2.31.